The molecule has 4 rings (SSSR count). The van der Waals surface area contributed by atoms with Crippen molar-refractivity contribution < 1.29 is 17.9 Å². The van der Waals surface area contributed by atoms with Crippen LogP contribution in [0.15, 0.2) is 53.5 Å². The molecule has 2 fully saturated rings. The summed E-state index contributed by atoms with van der Waals surface area (Å²) in [5, 5.41) is 0.527. The first-order chi connectivity index (χ1) is 14.3. The first-order valence-corrected chi connectivity index (χ1v) is 12.5. The van der Waals surface area contributed by atoms with Crippen LogP contribution < -0.4 is 4.74 Å². The Morgan fingerprint density at radius 3 is 2.63 bits per heavy atom. The van der Waals surface area contributed by atoms with Crippen molar-refractivity contribution in [2.45, 2.75) is 31.2 Å². The molecule has 0 saturated carbocycles. The smallest absolute Gasteiger partial charge is 0.252 e. The number of fused-ring (bicyclic) bond motifs is 1. The molecule has 8 heteroatoms. The average Bonchev–Trinajstić information content (AvgIpc) is 3.16. The van der Waals surface area contributed by atoms with Gasteiger partial charge < -0.3 is 9.64 Å². The van der Waals surface area contributed by atoms with Gasteiger partial charge in [-0.1, -0.05) is 59.8 Å². The van der Waals surface area contributed by atoms with Crippen LogP contribution in [0.25, 0.3) is 0 Å². The average molecular weight is 445 g/mol. The van der Waals surface area contributed by atoms with Gasteiger partial charge in [0, 0.05) is 17.4 Å². The molecule has 2 aliphatic heterocycles. The number of hydrogen-bond donors (Lipinski definition) is 0. The van der Waals surface area contributed by atoms with Crippen LogP contribution in [0.2, 0.25) is 0 Å². The van der Waals surface area contributed by atoms with E-state index in [0.29, 0.717) is 17.5 Å². The van der Waals surface area contributed by atoms with E-state index in [2.05, 4.69) is 4.99 Å². The van der Waals surface area contributed by atoms with Gasteiger partial charge in [0.2, 0.25) is 0 Å². The predicted molar refractivity (Wildman–Crippen MR) is 120 cm³/mol. The van der Waals surface area contributed by atoms with E-state index in [1.54, 1.807) is 7.11 Å². The lowest BCUT2D eigenvalue weighted by molar-refractivity contribution is -0.117. The number of rotatable bonds is 5. The van der Waals surface area contributed by atoms with Crippen molar-refractivity contribution >= 4 is 32.7 Å². The third-order valence-electron chi connectivity index (χ3n) is 5.40. The van der Waals surface area contributed by atoms with Crippen molar-refractivity contribution in [3.63, 3.8) is 0 Å². The standard InChI is InChI=1S/C22H24N2O4S2/c1-15-7-9-16(10-8-15)12-24-18-13-30(26,27)14-20(18)29-22(24)23-21(25)11-17-5-3-4-6-19(17)28-2/h3-10,18,20H,11-14H2,1-2H3/t18-,20+/m0/s1. The van der Waals surface area contributed by atoms with Crippen LogP contribution in [0.1, 0.15) is 16.7 Å². The highest BCUT2D eigenvalue weighted by molar-refractivity contribution is 8.15. The summed E-state index contributed by atoms with van der Waals surface area (Å²) in [6.07, 6.45) is 0.139. The molecule has 158 valence electrons. The Labute approximate surface area is 181 Å². The number of sulfone groups is 1. The molecule has 2 aromatic carbocycles. The second kappa shape index (κ2) is 8.43. The number of amides is 1. The molecule has 2 atom stereocenters. The minimum atomic E-state index is -3.07. The summed E-state index contributed by atoms with van der Waals surface area (Å²) in [7, 11) is -1.49. The summed E-state index contributed by atoms with van der Waals surface area (Å²) >= 11 is 1.41. The molecule has 0 unspecified atom stereocenters. The van der Waals surface area contributed by atoms with E-state index in [1.165, 1.54) is 11.8 Å². The fourth-order valence-corrected chi connectivity index (χ4v) is 7.84. The van der Waals surface area contributed by atoms with E-state index >= 15 is 0 Å². The van der Waals surface area contributed by atoms with Crippen LogP contribution in [-0.4, -0.2) is 54.3 Å². The maximum atomic E-state index is 12.7. The number of para-hydroxylation sites is 1. The molecule has 30 heavy (non-hydrogen) atoms. The van der Waals surface area contributed by atoms with E-state index < -0.39 is 9.84 Å². The highest BCUT2D eigenvalue weighted by Crippen LogP contribution is 2.39. The molecule has 2 saturated heterocycles. The number of amidine groups is 1. The summed E-state index contributed by atoms with van der Waals surface area (Å²) in [5.74, 6) is 0.631. The topological polar surface area (TPSA) is 76.0 Å². The van der Waals surface area contributed by atoms with E-state index in [0.717, 1.165) is 16.7 Å². The molecule has 1 amide bonds. The Kier molecular flexibility index (Phi) is 5.88. The molecule has 0 spiro atoms. The first-order valence-electron chi connectivity index (χ1n) is 9.77. The van der Waals surface area contributed by atoms with Gasteiger partial charge in [0.1, 0.15) is 5.75 Å². The van der Waals surface area contributed by atoms with E-state index in [4.69, 9.17) is 4.74 Å². The molecular weight excluding hydrogens is 420 g/mol. The highest BCUT2D eigenvalue weighted by atomic mass is 32.2. The molecule has 0 N–H and O–H groups in total. The van der Waals surface area contributed by atoms with Gasteiger partial charge in [0.25, 0.3) is 5.91 Å². The normalized spacial score (nSPS) is 23.5. The molecule has 6 nitrogen and oxygen atoms in total. The Balaban J connectivity index is 1.58. The molecule has 0 bridgehead atoms. The van der Waals surface area contributed by atoms with Gasteiger partial charge in [-0.05, 0) is 18.6 Å². The predicted octanol–water partition coefficient (Wildman–Crippen LogP) is 2.84. The SMILES string of the molecule is COc1ccccc1CC(=O)N=C1S[C@@H]2CS(=O)(=O)C[C@@H]2N1Cc1ccc(C)cc1. The van der Waals surface area contributed by atoms with Gasteiger partial charge >= 0.3 is 0 Å². The number of methoxy groups -OCH3 is 1. The van der Waals surface area contributed by atoms with E-state index in [1.807, 2.05) is 60.4 Å². The maximum Gasteiger partial charge on any atom is 0.252 e. The van der Waals surface area contributed by atoms with Crippen LogP contribution in [-0.2, 0) is 27.6 Å². The lowest BCUT2D eigenvalue weighted by Gasteiger charge is -2.24. The number of carbonyl (C=O) groups is 1. The van der Waals surface area contributed by atoms with Crippen LogP contribution in [0.4, 0.5) is 0 Å². The van der Waals surface area contributed by atoms with Gasteiger partial charge in [-0.2, -0.15) is 4.99 Å². The molecular formula is C22H24N2O4S2. The molecule has 0 radical (unpaired) electrons. The van der Waals surface area contributed by atoms with Crippen LogP contribution in [0.3, 0.4) is 0 Å². The quantitative estimate of drug-likeness (QED) is 0.706. The van der Waals surface area contributed by atoms with Gasteiger partial charge in [0.05, 0.1) is 31.1 Å². The maximum absolute atomic E-state index is 12.7. The fourth-order valence-electron chi connectivity index (χ4n) is 3.87. The summed E-state index contributed by atoms with van der Waals surface area (Å²) in [4.78, 5) is 19.1. The molecule has 0 aliphatic carbocycles. The summed E-state index contributed by atoms with van der Waals surface area (Å²) < 4.78 is 29.7. The minimum absolute atomic E-state index is 0.0849. The van der Waals surface area contributed by atoms with Gasteiger partial charge in [-0.15, -0.1) is 0 Å². The fraction of sp³-hybridized carbons (Fsp3) is 0.364. The van der Waals surface area contributed by atoms with Crippen molar-refractivity contribution in [3.8, 4) is 5.75 Å². The van der Waals surface area contributed by atoms with Crippen LogP contribution in [0.5, 0.6) is 5.75 Å². The second-order valence-corrected chi connectivity index (χ2v) is 11.1. The van der Waals surface area contributed by atoms with E-state index in [9.17, 15) is 13.2 Å². The third-order valence-corrected chi connectivity index (χ3v) is 8.65. The number of thioether (sulfide) groups is 1. The Bertz CT molecular complexity index is 1080. The summed E-state index contributed by atoms with van der Waals surface area (Å²) in [6, 6.07) is 15.4. The number of aliphatic imine (C=N–C) groups is 1. The van der Waals surface area contributed by atoms with Crippen LogP contribution >= 0.6 is 11.8 Å². The Morgan fingerprint density at radius 2 is 1.90 bits per heavy atom. The molecule has 0 aromatic heterocycles. The number of aryl methyl sites for hydroxylation is 1. The number of nitrogens with zero attached hydrogens (tertiary/aromatic N) is 2. The van der Waals surface area contributed by atoms with E-state index in [-0.39, 0.29) is 35.1 Å². The molecule has 2 aromatic rings. The third kappa shape index (κ3) is 4.54. The second-order valence-electron chi connectivity index (χ2n) is 7.69. The zero-order valence-corrected chi connectivity index (χ0v) is 18.6. The van der Waals surface area contributed by atoms with Gasteiger partial charge in [-0.3, -0.25) is 4.79 Å². The molecule has 2 aliphatic rings. The van der Waals surface area contributed by atoms with Crippen molar-refractivity contribution in [1.82, 2.24) is 4.90 Å². The monoisotopic (exact) mass is 444 g/mol. The summed E-state index contributed by atoms with van der Waals surface area (Å²) in [5.41, 5.74) is 3.01. The Morgan fingerprint density at radius 1 is 1.17 bits per heavy atom. The van der Waals surface area contributed by atoms with Crippen molar-refractivity contribution in [3.05, 3.63) is 65.2 Å². The highest BCUT2D eigenvalue weighted by Gasteiger charge is 2.48. The number of carbonyl (C=O) groups excluding carboxylic acids is 1. The number of benzene rings is 2. The lowest BCUT2D eigenvalue weighted by Crippen LogP contribution is -2.37. The van der Waals surface area contributed by atoms with Crippen molar-refractivity contribution in [1.29, 1.82) is 0 Å². The minimum Gasteiger partial charge on any atom is -0.496 e. The zero-order chi connectivity index (χ0) is 21.3. The zero-order valence-electron chi connectivity index (χ0n) is 16.9. The van der Waals surface area contributed by atoms with Crippen LogP contribution in [0, 0.1) is 6.92 Å². The number of ether oxygens (including phenoxy) is 1. The van der Waals surface area contributed by atoms with Crippen molar-refractivity contribution in [2.24, 2.45) is 4.99 Å². The van der Waals surface area contributed by atoms with Crippen molar-refractivity contribution in [2.75, 3.05) is 18.6 Å². The first kappa shape index (κ1) is 20.9. The Hall–Kier alpha value is -2.32. The number of hydrogen-bond acceptors (Lipinski definition) is 5. The largest absolute Gasteiger partial charge is 0.496 e. The van der Waals surface area contributed by atoms with Gasteiger partial charge in [-0.25, -0.2) is 8.42 Å². The molecule has 2 heterocycles. The summed E-state index contributed by atoms with van der Waals surface area (Å²) in [6.45, 7) is 2.56. The lowest BCUT2D eigenvalue weighted by atomic mass is 10.1. The van der Waals surface area contributed by atoms with Gasteiger partial charge in [0.15, 0.2) is 15.0 Å².